The minimum absolute atomic E-state index is 0.463. The summed E-state index contributed by atoms with van der Waals surface area (Å²) in [6.07, 6.45) is 8.73. The van der Waals surface area contributed by atoms with Crippen LogP contribution in [-0.2, 0) is 4.74 Å². The lowest BCUT2D eigenvalue weighted by Gasteiger charge is -2.42. The molecule has 2 heteroatoms. The van der Waals surface area contributed by atoms with Crippen molar-refractivity contribution in [3.63, 3.8) is 0 Å². The molecule has 0 spiro atoms. The lowest BCUT2D eigenvalue weighted by Crippen LogP contribution is -2.49. The van der Waals surface area contributed by atoms with Crippen molar-refractivity contribution in [3.05, 3.63) is 0 Å². The molecule has 14 heavy (non-hydrogen) atoms. The zero-order chi connectivity index (χ0) is 9.97. The molecule has 0 unspecified atom stereocenters. The molecular weight excluding hydrogens is 174 g/mol. The van der Waals surface area contributed by atoms with Crippen LogP contribution in [0.1, 0.15) is 52.4 Å². The maximum Gasteiger partial charge on any atom is 0.0998 e. The second kappa shape index (κ2) is 4.63. The summed E-state index contributed by atoms with van der Waals surface area (Å²) in [6.45, 7) is 5.41. The molecule has 2 fully saturated rings. The summed E-state index contributed by atoms with van der Waals surface area (Å²) >= 11 is 0. The summed E-state index contributed by atoms with van der Waals surface area (Å²) in [7, 11) is 0. The van der Waals surface area contributed by atoms with Crippen LogP contribution in [0, 0.1) is 0 Å². The minimum atomic E-state index is 0.463. The largest absolute Gasteiger partial charge is 0.363 e. The molecule has 2 atom stereocenters. The highest BCUT2D eigenvalue weighted by atomic mass is 16.5. The van der Waals surface area contributed by atoms with Crippen molar-refractivity contribution in [2.24, 2.45) is 0 Å². The molecule has 0 bridgehead atoms. The fraction of sp³-hybridized carbons (Fsp3) is 1.00. The van der Waals surface area contributed by atoms with E-state index in [0.717, 1.165) is 18.8 Å². The molecule has 0 N–H and O–H groups in total. The van der Waals surface area contributed by atoms with Crippen LogP contribution in [0.15, 0.2) is 0 Å². The predicted octanol–water partition coefficient (Wildman–Crippen LogP) is 2.78. The monoisotopic (exact) mass is 197 g/mol. The fourth-order valence-electron chi connectivity index (χ4n) is 2.90. The topological polar surface area (TPSA) is 12.5 Å². The van der Waals surface area contributed by atoms with Gasteiger partial charge >= 0.3 is 0 Å². The lowest BCUT2D eigenvalue weighted by atomic mass is 9.92. The molecule has 1 heterocycles. The third kappa shape index (κ3) is 2.29. The van der Waals surface area contributed by atoms with Gasteiger partial charge in [-0.1, -0.05) is 19.3 Å². The lowest BCUT2D eigenvalue weighted by molar-refractivity contribution is -0.107. The van der Waals surface area contributed by atoms with Crippen LogP contribution in [-0.4, -0.2) is 29.8 Å². The smallest absolute Gasteiger partial charge is 0.0998 e. The van der Waals surface area contributed by atoms with E-state index in [1.807, 2.05) is 0 Å². The molecule has 0 aromatic carbocycles. The van der Waals surface area contributed by atoms with Gasteiger partial charge < -0.3 is 4.74 Å². The van der Waals surface area contributed by atoms with Crippen LogP contribution in [0.3, 0.4) is 0 Å². The van der Waals surface area contributed by atoms with E-state index < -0.39 is 0 Å². The highest BCUT2D eigenvalue weighted by molar-refractivity contribution is 4.81. The summed E-state index contributed by atoms with van der Waals surface area (Å²) in [5.74, 6) is 0. The van der Waals surface area contributed by atoms with Crippen LogP contribution >= 0.6 is 0 Å². The Balaban J connectivity index is 1.89. The van der Waals surface area contributed by atoms with Gasteiger partial charge in [-0.05, 0) is 33.1 Å². The fourth-order valence-corrected chi connectivity index (χ4v) is 2.90. The number of hydrogen-bond donors (Lipinski definition) is 0. The Morgan fingerprint density at radius 1 is 1.07 bits per heavy atom. The first-order valence-corrected chi connectivity index (χ1v) is 6.14. The van der Waals surface area contributed by atoms with E-state index >= 15 is 0 Å². The van der Waals surface area contributed by atoms with Gasteiger partial charge in [0.05, 0.1) is 12.8 Å². The maximum atomic E-state index is 5.74. The van der Waals surface area contributed by atoms with Gasteiger partial charge in [-0.3, -0.25) is 4.90 Å². The van der Waals surface area contributed by atoms with E-state index in [1.165, 1.54) is 38.5 Å². The first-order valence-electron chi connectivity index (χ1n) is 6.14. The number of nitrogens with zero attached hydrogens (tertiary/aromatic N) is 1. The van der Waals surface area contributed by atoms with Gasteiger partial charge in [0, 0.05) is 12.1 Å². The molecule has 1 aliphatic heterocycles. The molecule has 2 nitrogen and oxygen atoms in total. The van der Waals surface area contributed by atoms with E-state index in [4.69, 9.17) is 4.74 Å². The first kappa shape index (κ1) is 10.4. The Hall–Kier alpha value is -0.0800. The molecule has 0 aromatic heterocycles. The van der Waals surface area contributed by atoms with Crippen LogP contribution < -0.4 is 0 Å². The van der Waals surface area contributed by atoms with Crippen molar-refractivity contribution in [2.75, 3.05) is 6.73 Å². The van der Waals surface area contributed by atoms with Gasteiger partial charge in [0.1, 0.15) is 0 Å². The number of ether oxygens (including phenoxy) is 1. The Morgan fingerprint density at radius 3 is 2.43 bits per heavy atom. The number of hydrogen-bond acceptors (Lipinski definition) is 2. The molecule has 1 saturated heterocycles. The van der Waals surface area contributed by atoms with Crippen molar-refractivity contribution < 1.29 is 4.74 Å². The molecule has 1 saturated carbocycles. The Kier molecular flexibility index (Phi) is 3.45. The molecule has 0 amide bonds. The first-order chi connectivity index (χ1) is 6.77. The Morgan fingerprint density at radius 2 is 1.79 bits per heavy atom. The molecule has 2 aliphatic rings. The minimum Gasteiger partial charge on any atom is -0.363 e. The van der Waals surface area contributed by atoms with Crippen molar-refractivity contribution in [1.82, 2.24) is 4.90 Å². The van der Waals surface area contributed by atoms with E-state index in [-0.39, 0.29) is 0 Å². The van der Waals surface area contributed by atoms with E-state index in [0.29, 0.717) is 6.10 Å². The van der Waals surface area contributed by atoms with Crippen molar-refractivity contribution >= 4 is 0 Å². The standard InChI is InChI=1S/C12H23NO/c1-10-8-11(2)14-9-13(10)12-6-4-3-5-7-12/h10-12H,3-9H2,1-2H3/t10-,11-/m1/s1. The highest BCUT2D eigenvalue weighted by Crippen LogP contribution is 2.27. The van der Waals surface area contributed by atoms with Crippen molar-refractivity contribution in [3.8, 4) is 0 Å². The van der Waals surface area contributed by atoms with Crippen LogP contribution in [0.5, 0.6) is 0 Å². The van der Waals surface area contributed by atoms with Crippen LogP contribution in [0.2, 0.25) is 0 Å². The second-order valence-corrected chi connectivity index (χ2v) is 5.00. The van der Waals surface area contributed by atoms with Crippen LogP contribution in [0.4, 0.5) is 0 Å². The maximum absolute atomic E-state index is 5.74. The summed E-state index contributed by atoms with van der Waals surface area (Å²) in [4.78, 5) is 2.58. The summed E-state index contributed by atoms with van der Waals surface area (Å²) < 4.78 is 5.74. The predicted molar refractivity (Wildman–Crippen MR) is 58.2 cm³/mol. The quantitative estimate of drug-likeness (QED) is 0.641. The van der Waals surface area contributed by atoms with E-state index in [1.54, 1.807) is 0 Å². The zero-order valence-electron chi connectivity index (χ0n) is 9.54. The Labute approximate surface area is 87.6 Å². The van der Waals surface area contributed by atoms with E-state index in [2.05, 4.69) is 18.7 Å². The molecule has 2 rings (SSSR count). The van der Waals surface area contributed by atoms with Gasteiger partial charge in [0.2, 0.25) is 0 Å². The molecule has 0 aromatic rings. The average Bonchev–Trinajstić information content (AvgIpc) is 2.19. The van der Waals surface area contributed by atoms with Crippen LogP contribution in [0.25, 0.3) is 0 Å². The SMILES string of the molecule is C[C@@H]1C[C@@H](C)N(C2CCCCC2)CO1. The third-order valence-corrected chi connectivity index (χ3v) is 3.79. The summed E-state index contributed by atoms with van der Waals surface area (Å²) in [6, 6.07) is 1.54. The average molecular weight is 197 g/mol. The van der Waals surface area contributed by atoms with Gasteiger partial charge in [0.25, 0.3) is 0 Å². The molecule has 82 valence electrons. The number of rotatable bonds is 1. The van der Waals surface area contributed by atoms with Crippen molar-refractivity contribution in [2.45, 2.75) is 70.6 Å². The molecule has 0 radical (unpaired) electrons. The van der Waals surface area contributed by atoms with Gasteiger partial charge in [-0.2, -0.15) is 0 Å². The van der Waals surface area contributed by atoms with Gasteiger partial charge in [-0.15, -0.1) is 0 Å². The third-order valence-electron chi connectivity index (χ3n) is 3.79. The summed E-state index contributed by atoms with van der Waals surface area (Å²) in [5, 5.41) is 0. The summed E-state index contributed by atoms with van der Waals surface area (Å²) in [5.41, 5.74) is 0. The molecular formula is C12H23NO. The second-order valence-electron chi connectivity index (χ2n) is 5.00. The van der Waals surface area contributed by atoms with E-state index in [9.17, 15) is 0 Å². The zero-order valence-corrected chi connectivity index (χ0v) is 9.54. The van der Waals surface area contributed by atoms with Gasteiger partial charge in [-0.25, -0.2) is 0 Å². The van der Waals surface area contributed by atoms with Gasteiger partial charge in [0.15, 0.2) is 0 Å². The van der Waals surface area contributed by atoms with Crippen molar-refractivity contribution in [1.29, 1.82) is 0 Å². The molecule has 1 aliphatic carbocycles. The highest BCUT2D eigenvalue weighted by Gasteiger charge is 2.29. The normalized spacial score (nSPS) is 37.3. The Bertz CT molecular complexity index is 177.